The zero-order chi connectivity index (χ0) is 29.1. The fourth-order valence-corrected chi connectivity index (χ4v) is 5.80. The summed E-state index contributed by atoms with van der Waals surface area (Å²) in [7, 11) is 1.16. The number of carbonyl (C=O) groups excluding carboxylic acids is 1. The Kier molecular flexibility index (Phi) is 8.79. The first kappa shape index (κ1) is 29.3. The van der Waals surface area contributed by atoms with Gasteiger partial charge in [-0.05, 0) is 37.0 Å². The number of rotatable bonds is 9. The molecule has 0 radical (unpaired) electrons. The first-order valence-electron chi connectivity index (χ1n) is 13.5. The number of aliphatic hydroxyl groups is 1. The molecular formula is C31H31ClF2O7. The zero-order valence-corrected chi connectivity index (χ0v) is 23.5. The number of methoxy groups -OCH3 is 1. The van der Waals surface area contributed by atoms with Crippen LogP contribution in [0.4, 0.5) is 8.78 Å². The first-order chi connectivity index (χ1) is 19.8. The summed E-state index contributed by atoms with van der Waals surface area (Å²) in [5.74, 6) is -3.38. The van der Waals surface area contributed by atoms with Gasteiger partial charge in [-0.1, -0.05) is 48.9 Å². The lowest BCUT2D eigenvalue weighted by Crippen LogP contribution is -2.38. The van der Waals surface area contributed by atoms with Gasteiger partial charge in [0.25, 0.3) is 0 Å². The lowest BCUT2D eigenvalue weighted by Gasteiger charge is -2.32. The van der Waals surface area contributed by atoms with Crippen LogP contribution in [-0.4, -0.2) is 50.9 Å². The van der Waals surface area contributed by atoms with Crippen LogP contribution in [0, 0.1) is 11.6 Å². The predicted octanol–water partition coefficient (Wildman–Crippen LogP) is 6.38. The molecule has 0 bridgehead atoms. The Labute approximate surface area is 241 Å². The summed E-state index contributed by atoms with van der Waals surface area (Å²) < 4.78 is 59.7. The second-order valence-electron chi connectivity index (χ2n) is 10.0. The van der Waals surface area contributed by atoms with Crippen LogP contribution in [0.5, 0.6) is 11.5 Å². The summed E-state index contributed by atoms with van der Waals surface area (Å²) in [4.78, 5) is 12.8. The van der Waals surface area contributed by atoms with Gasteiger partial charge in [-0.2, -0.15) is 0 Å². The highest BCUT2D eigenvalue weighted by Gasteiger charge is 2.49. The van der Waals surface area contributed by atoms with Crippen LogP contribution in [-0.2, 0) is 19.8 Å². The fourth-order valence-electron chi connectivity index (χ4n) is 5.55. The maximum atomic E-state index is 16.3. The Balaban J connectivity index is 1.57. The number of benzene rings is 3. The lowest BCUT2D eigenvalue weighted by atomic mass is 9.78. The van der Waals surface area contributed by atoms with Crippen LogP contribution in [0.15, 0.2) is 48.5 Å². The van der Waals surface area contributed by atoms with Gasteiger partial charge in [0.2, 0.25) is 0 Å². The summed E-state index contributed by atoms with van der Waals surface area (Å²) >= 11 is 6.53. The lowest BCUT2D eigenvalue weighted by molar-refractivity contribution is -0.165. The summed E-state index contributed by atoms with van der Waals surface area (Å²) in [5, 5.41) is 10.2. The second kappa shape index (κ2) is 12.3. The Morgan fingerprint density at radius 2 is 1.90 bits per heavy atom. The molecular weight excluding hydrogens is 558 g/mol. The van der Waals surface area contributed by atoms with E-state index in [4.69, 9.17) is 35.3 Å². The summed E-state index contributed by atoms with van der Waals surface area (Å²) in [6, 6.07) is 12.7. The maximum Gasteiger partial charge on any atom is 0.338 e. The number of hydrogen-bond acceptors (Lipinski definition) is 7. The van der Waals surface area contributed by atoms with E-state index in [1.165, 1.54) is 12.1 Å². The van der Waals surface area contributed by atoms with Crippen molar-refractivity contribution in [1.29, 1.82) is 0 Å². The molecule has 0 aromatic heterocycles. The number of halogens is 3. The van der Waals surface area contributed by atoms with Crippen LogP contribution in [0.3, 0.4) is 0 Å². The van der Waals surface area contributed by atoms with Crippen LogP contribution >= 0.6 is 11.6 Å². The quantitative estimate of drug-likeness (QED) is 0.229. The average Bonchev–Trinajstić information content (AvgIpc) is 3.29. The third kappa shape index (κ3) is 5.39. The highest BCUT2D eigenvalue weighted by atomic mass is 35.5. The SMILES string of the molecule is COC(=O)c1ccc(OCCOC2CCCCO2)c(F)c1-c1c(Cl)c(F)cc2c1[C@H](C)[C@@](CO)(c1ccccc1)O2. The fraction of sp³-hybridized carbons (Fsp3) is 0.387. The van der Waals surface area contributed by atoms with Crippen LogP contribution in [0.25, 0.3) is 11.1 Å². The molecule has 1 N–H and O–H groups in total. The smallest absolute Gasteiger partial charge is 0.338 e. The molecule has 0 aliphatic carbocycles. The molecule has 5 rings (SSSR count). The summed E-state index contributed by atoms with van der Waals surface area (Å²) in [6.07, 6.45) is 2.42. The van der Waals surface area contributed by atoms with E-state index in [9.17, 15) is 9.90 Å². The van der Waals surface area contributed by atoms with Crippen molar-refractivity contribution in [1.82, 2.24) is 0 Å². The monoisotopic (exact) mass is 588 g/mol. The van der Waals surface area contributed by atoms with Gasteiger partial charge in [-0.15, -0.1) is 0 Å². The molecule has 10 heteroatoms. The molecule has 1 fully saturated rings. The zero-order valence-electron chi connectivity index (χ0n) is 22.8. The Morgan fingerprint density at radius 1 is 1.12 bits per heavy atom. The van der Waals surface area contributed by atoms with Crippen molar-refractivity contribution < 1.29 is 42.4 Å². The van der Waals surface area contributed by atoms with E-state index in [0.717, 1.165) is 32.4 Å². The number of hydrogen-bond donors (Lipinski definition) is 1. The molecule has 0 spiro atoms. The number of esters is 1. The van der Waals surface area contributed by atoms with Gasteiger partial charge in [0.15, 0.2) is 23.5 Å². The molecule has 218 valence electrons. The molecule has 0 saturated carbocycles. The van der Waals surface area contributed by atoms with Crippen molar-refractivity contribution in [3.05, 3.63) is 81.9 Å². The highest BCUT2D eigenvalue weighted by Crippen LogP contribution is 2.56. The van der Waals surface area contributed by atoms with Crippen molar-refractivity contribution in [3.8, 4) is 22.6 Å². The van der Waals surface area contributed by atoms with Gasteiger partial charge in [0, 0.05) is 35.3 Å². The molecule has 1 unspecified atom stereocenters. The molecule has 3 aromatic rings. The molecule has 41 heavy (non-hydrogen) atoms. The van der Waals surface area contributed by atoms with Crippen LogP contribution in [0.1, 0.15) is 53.6 Å². The third-order valence-electron chi connectivity index (χ3n) is 7.69. The van der Waals surface area contributed by atoms with Gasteiger partial charge in [0.1, 0.15) is 18.2 Å². The van der Waals surface area contributed by atoms with E-state index in [2.05, 4.69) is 0 Å². The average molecular weight is 589 g/mol. The van der Waals surface area contributed by atoms with E-state index >= 15 is 8.78 Å². The number of aliphatic hydroxyl groups excluding tert-OH is 1. The molecule has 2 aliphatic rings. The van der Waals surface area contributed by atoms with Crippen LogP contribution < -0.4 is 9.47 Å². The molecule has 1 saturated heterocycles. The van der Waals surface area contributed by atoms with Crippen molar-refractivity contribution in [3.63, 3.8) is 0 Å². The van der Waals surface area contributed by atoms with E-state index in [0.29, 0.717) is 17.7 Å². The normalized spacial score (nSPS) is 21.7. The minimum atomic E-state index is -1.30. The Hall–Kier alpha value is -3.24. The molecule has 7 nitrogen and oxygen atoms in total. The second-order valence-corrected chi connectivity index (χ2v) is 10.4. The van der Waals surface area contributed by atoms with Crippen molar-refractivity contribution in [2.75, 3.05) is 33.5 Å². The first-order valence-corrected chi connectivity index (χ1v) is 13.8. The summed E-state index contributed by atoms with van der Waals surface area (Å²) in [5.41, 5.74) is -0.856. The van der Waals surface area contributed by atoms with Gasteiger partial charge >= 0.3 is 5.97 Å². The molecule has 3 atom stereocenters. The predicted molar refractivity (Wildman–Crippen MR) is 147 cm³/mol. The van der Waals surface area contributed by atoms with E-state index in [1.54, 1.807) is 31.2 Å². The number of fused-ring (bicyclic) bond motifs is 1. The molecule has 2 heterocycles. The van der Waals surface area contributed by atoms with Gasteiger partial charge in [0.05, 0.1) is 30.9 Å². The van der Waals surface area contributed by atoms with Crippen LogP contribution in [0.2, 0.25) is 5.02 Å². The minimum Gasteiger partial charge on any atom is -0.488 e. The van der Waals surface area contributed by atoms with E-state index < -0.39 is 40.8 Å². The highest BCUT2D eigenvalue weighted by molar-refractivity contribution is 6.34. The summed E-state index contributed by atoms with van der Waals surface area (Å²) in [6.45, 7) is 2.10. The van der Waals surface area contributed by atoms with Gasteiger partial charge in [-0.3, -0.25) is 0 Å². The Bertz CT molecular complexity index is 1410. The van der Waals surface area contributed by atoms with Crippen molar-refractivity contribution in [2.24, 2.45) is 0 Å². The van der Waals surface area contributed by atoms with Crippen molar-refractivity contribution >= 4 is 17.6 Å². The molecule has 0 amide bonds. The Morgan fingerprint density at radius 3 is 2.59 bits per heavy atom. The van der Waals surface area contributed by atoms with Crippen molar-refractivity contribution in [2.45, 2.75) is 44.0 Å². The minimum absolute atomic E-state index is 0.00389. The maximum absolute atomic E-state index is 16.3. The van der Waals surface area contributed by atoms with E-state index in [-0.39, 0.29) is 47.7 Å². The standard InChI is InChI=1S/C31H31ClF2O7/c1-18-25-23(41-31(18,17-35)19-8-4-3-5-9-19)16-21(33)28(32)27(25)26-20(30(36)37-2)11-12-22(29(26)34)38-14-15-40-24-10-6-7-13-39-24/h3-5,8-9,11-12,16,18,24,35H,6-7,10,13-15,17H2,1-2H3/t18-,24?,31-/m0/s1. The van der Waals surface area contributed by atoms with E-state index in [1.807, 2.05) is 6.07 Å². The van der Waals surface area contributed by atoms with Gasteiger partial charge < -0.3 is 28.8 Å². The largest absolute Gasteiger partial charge is 0.488 e. The number of carbonyl (C=O) groups is 1. The number of ether oxygens (including phenoxy) is 5. The molecule has 3 aromatic carbocycles. The third-order valence-corrected chi connectivity index (χ3v) is 8.06. The molecule has 2 aliphatic heterocycles. The van der Waals surface area contributed by atoms with Gasteiger partial charge in [-0.25, -0.2) is 13.6 Å². The topological polar surface area (TPSA) is 83.5 Å².